The molecule has 2 unspecified atom stereocenters. The van der Waals surface area contributed by atoms with E-state index < -0.39 is 29.3 Å². The highest BCUT2D eigenvalue weighted by Crippen LogP contribution is 2.30. The highest BCUT2D eigenvalue weighted by Gasteiger charge is 2.26. The van der Waals surface area contributed by atoms with Gasteiger partial charge in [-0.25, -0.2) is 9.78 Å². The maximum Gasteiger partial charge on any atom is 0.332 e. The standard InChI is InChI=1S/C25H28N4O4/c1-4-5-9-17(13-21(30)31)29-24(32)23-20(11-7-12-26-23)28(25(29)33)16(3)18-14-27-19-10-6-8-15(2)22(18)19/h6-8,10-12,14,16-17,27H,4-5,9,13H2,1-3H3,(H,30,31). The van der Waals surface area contributed by atoms with Crippen LogP contribution in [0.1, 0.15) is 62.7 Å². The van der Waals surface area contributed by atoms with Crippen molar-refractivity contribution in [3.05, 3.63) is 74.7 Å². The van der Waals surface area contributed by atoms with Gasteiger partial charge in [0, 0.05) is 28.9 Å². The highest BCUT2D eigenvalue weighted by atomic mass is 16.4. The van der Waals surface area contributed by atoms with E-state index in [2.05, 4.69) is 9.97 Å². The maximum atomic E-state index is 13.8. The molecule has 3 aromatic heterocycles. The molecule has 8 heteroatoms. The van der Waals surface area contributed by atoms with Crippen molar-refractivity contribution in [2.75, 3.05) is 0 Å². The molecule has 0 amide bonds. The number of pyridine rings is 1. The van der Waals surface area contributed by atoms with Crippen LogP contribution in [0.5, 0.6) is 0 Å². The Labute approximate surface area is 190 Å². The lowest BCUT2D eigenvalue weighted by molar-refractivity contribution is -0.138. The number of aliphatic carboxylic acids is 1. The average molecular weight is 449 g/mol. The molecule has 33 heavy (non-hydrogen) atoms. The number of hydrogen-bond acceptors (Lipinski definition) is 4. The third kappa shape index (κ3) is 3.97. The number of nitrogens with zero attached hydrogens (tertiary/aromatic N) is 3. The van der Waals surface area contributed by atoms with Crippen molar-refractivity contribution in [1.29, 1.82) is 0 Å². The van der Waals surface area contributed by atoms with E-state index in [9.17, 15) is 19.5 Å². The Morgan fingerprint density at radius 1 is 1.18 bits per heavy atom. The molecule has 0 aliphatic carbocycles. The Kier molecular flexibility index (Phi) is 6.18. The third-order valence-electron chi connectivity index (χ3n) is 6.33. The second kappa shape index (κ2) is 9.05. The first-order valence-corrected chi connectivity index (χ1v) is 11.2. The van der Waals surface area contributed by atoms with Crippen LogP contribution >= 0.6 is 0 Å². The van der Waals surface area contributed by atoms with E-state index in [0.717, 1.165) is 33.0 Å². The Morgan fingerprint density at radius 3 is 2.70 bits per heavy atom. The fourth-order valence-electron chi connectivity index (χ4n) is 4.70. The van der Waals surface area contributed by atoms with Gasteiger partial charge in [0.1, 0.15) is 0 Å². The van der Waals surface area contributed by atoms with Gasteiger partial charge in [-0.3, -0.25) is 18.7 Å². The summed E-state index contributed by atoms with van der Waals surface area (Å²) in [6, 6.07) is 8.23. The van der Waals surface area contributed by atoms with Crippen LogP contribution in [-0.4, -0.2) is 30.2 Å². The van der Waals surface area contributed by atoms with E-state index in [1.165, 1.54) is 6.20 Å². The number of carbonyl (C=O) groups is 1. The molecule has 0 saturated carbocycles. The summed E-state index contributed by atoms with van der Waals surface area (Å²) >= 11 is 0. The lowest BCUT2D eigenvalue weighted by Crippen LogP contribution is -2.44. The first-order chi connectivity index (χ1) is 15.8. The van der Waals surface area contributed by atoms with Gasteiger partial charge in [0.25, 0.3) is 5.56 Å². The van der Waals surface area contributed by atoms with Crippen LogP contribution < -0.4 is 11.2 Å². The van der Waals surface area contributed by atoms with E-state index in [1.807, 2.05) is 45.2 Å². The zero-order valence-electron chi connectivity index (χ0n) is 19.0. The molecule has 4 aromatic rings. The SMILES string of the molecule is CCCCC(CC(=O)O)n1c(=O)c2ncccc2n(C(C)c2c[nH]c3cccc(C)c23)c1=O. The summed E-state index contributed by atoms with van der Waals surface area (Å²) in [5.41, 5.74) is 2.49. The molecular weight excluding hydrogens is 420 g/mol. The van der Waals surface area contributed by atoms with Gasteiger partial charge in [0.05, 0.1) is 24.0 Å². The van der Waals surface area contributed by atoms with Gasteiger partial charge in [-0.2, -0.15) is 0 Å². The fourth-order valence-corrected chi connectivity index (χ4v) is 4.70. The molecule has 172 valence electrons. The average Bonchev–Trinajstić information content (AvgIpc) is 3.22. The number of carboxylic acid groups (broad SMARTS) is 1. The molecule has 8 nitrogen and oxygen atoms in total. The lowest BCUT2D eigenvalue weighted by atomic mass is 10.0. The molecular formula is C25H28N4O4. The van der Waals surface area contributed by atoms with Gasteiger partial charge >= 0.3 is 11.7 Å². The molecule has 0 aliphatic rings. The van der Waals surface area contributed by atoms with Crippen molar-refractivity contribution in [2.24, 2.45) is 0 Å². The summed E-state index contributed by atoms with van der Waals surface area (Å²) in [5, 5.41) is 10.5. The molecule has 0 fully saturated rings. The largest absolute Gasteiger partial charge is 0.481 e. The van der Waals surface area contributed by atoms with Crippen molar-refractivity contribution in [1.82, 2.24) is 19.1 Å². The predicted molar refractivity (Wildman–Crippen MR) is 128 cm³/mol. The molecule has 0 spiro atoms. The van der Waals surface area contributed by atoms with E-state index in [1.54, 1.807) is 16.7 Å². The minimum Gasteiger partial charge on any atom is -0.481 e. The Morgan fingerprint density at radius 2 is 1.97 bits per heavy atom. The van der Waals surface area contributed by atoms with Crippen LogP contribution in [-0.2, 0) is 4.79 Å². The maximum absolute atomic E-state index is 13.8. The Balaban J connectivity index is 2.01. The van der Waals surface area contributed by atoms with E-state index in [-0.39, 0.29) is 11.9 Å². The van der Waals surface area contributed by atoms with Crippen LogP contribution in [0.25, 0.3) is 21.9 Å². The van der Waals surface area contributed by atoms with Crippen molar-refractivity contribution < 1.29 is 9.90 Å². The predicted octanol–water partition coefficient (Wildman–Crippen LogP) is 4.16. The molecule has 4 rings (SSSR count). The minimum atomic E-state index is -1.05. The number of carboxylic acids is 1. The number of aryl methyl sites for hydroxylation is 1. The summed E-state index contributed by atoms with van der Waals surface area (Å²) in [4.78, 5) is 46.3. The van der Waals surface area contributed by atoms with E-state index in [4.69, 9.17) is 0 Å². The van der Waals surface area contributed by atoms with E-state index >= 15 is 0 Å². The third-order valence-corrected chi connectivity index (χ3v) is 6.33. The Hall–Kier alpha value is -3.68. The Bertz CT molecular complexity index is 1450. The lowest BCUT2D eigenvalue weighted by Gasteiger charge is -2.23. The zero-order valence-corrected chi connectivity index (χ0v) is 19.0. The van der Waals surface area contributed by atoms with Gasteiger partial charge < -0.3 is 10.1 Å². The summed E-state index contributed by atoms with van der Waals surface area (Å²) in [7, 11) is 0. The number of rotatable bonds is 8. The van der Waals surface area contributed by atoms with Crippen molar-refractivity contribution in [3.63, 3.8) is 0 Å². The monoisotopic (exact) mass is 448 g/mol. The number of hydrogen-bond donors (Lipinski definition) is 2. The number of aromatic amines is 1. The molecule has 1 aromatic carbocycles. The highest BCUT2D eigenvalue weighted by molar-refractivity contribution is 5.87. The van der Waals surface area contributed by atoms with Gasteiger partial charge in [0.15, 0.2) is 5.52 Å². The minimum absolute atomic E-state index is 0.160. The molecule has 0 radical (unpaired) electrons. The fraction of sp³-hybridized carbons (Fsp3) is 0.360. The van der Waals surface area contributed by atoms with Crippen LogP contribution in [0.15, 0.2) is 52.3 Å². The van der Waals surface area contributed by atoms with Gasteiger partial charge in [0.2, 0.25) is 0 Å². The number of nitrogens with one attached hydrogen (secondary N) is 1. The normalized spacial score (nSPS) is 13.4. The number of fused-ring (bicyclic) bond motifs is 2. The van der Waals surface area contributed by atoms with E-state index in [0.29, 0.717) is 18.4 Å². The van der Waals surface area contributed by atoms with Crippen LogP contribution in [0.3, 0.4) is 0 Å². The molecule has 2 N–H and O–H groups in total. The molecule has 2 atom stereocenters. The van der Waals surface area contributed by atoms with Crippen molar-refractivity contribution in [3.8, 4) is 0 Å². The van der Waals surface area contributed by atoms with Gasteiger partial charge in [-0.1, -0.05) is 31.9 Å². The van der Waals surface area contributed by atoms with Crippen LogP contribution in [0.4, 0.5) is 0 Å². The molecule has 3 heterocycles. The summed E-state index contributed by atoms with van der Waals surface area (Å²) in [6.45, 7) is 5.92. The first kappa shape index (κ1) is 22.5. The number of unbranched alkanes of at least 4 members (excludes halogenated alkanes) is 1. The summed E-state index contributed by atoms with van der Waals surface area (Å²) < 4.78 is 2.68. The molecule has 0 aliphatic heterocycles. The van der Waals surface area contributed by atoms with Crippen molar-refractivity contribution in [2.45, 2.75) is 58.5 Å². The van der Waals surface area contributed by atoms with Crippen LogP contribution in [0.2, 0.25) is 0 Å². The topological polar surface area (TPSA) is 110 Å². The summed E-state index contributed by atoms with van der Waals surface area (Å²) in [6.07, 6.45) is 5.07. The quantitative estimate of drug-likeness (QED) is 0.420. The summed E-state index contributed by atoms with van der Waals surface area (Å²) in [5.74, 6) is -1.05. The number of aromatic nitrogens is 4. The van der Waals surface area contributed by atoms with Crippen LogP contribution in [0, 0.1) is 6.92 Å². The molecule has 0 saturated heterocycles. The van der Waals surface area contributed by atoms with Gasteiger partial charge in [-0.05, 0) is 44.0 Å². The molecule has 0 bridgehead atoms. The second-order valence-corrected chi connectivity index (χ2v) is 8.51. The zero-order chi connectivity index (χ0) is 23.7. The smallest absolute Gasteiger partial charge is 0.332 e. The first-order valence-electron chi connectivity index (χ1n) is 11.2. The number of benzene rings is 1. The van der Waals surface area contributed by atoms with Crippen molar-refractivity contribution >= 4 is 27.9 Å². The van der Waals surface area contributed by atoms with Gasteiger partial charge in [-0.15, -0.1) is 0 Å². The number of H-pyrrole nitrogens is 1. The second-order valence-electron chi connectivity index (χ2n) is 8.51.